The van der Waals surface area contributed by atoms with E-state index in [1.54, 1.807) is 20.8 Å². The van der Waals surface area contributed by atoms with E-state index in [1.807, 2.05) is 13.8 Å². The molecule has 10 nitrogen and oxygen atoms in total. The topological polar surface area (TPSA) is 155 Å². The molecule has 0 spiro atoms. The molecule has 2 amide bonds. The molecule has 0 aromatic heterocycles. The first-order chi connectivity index (χ1) is 13.3. The second-order valence-corrected chi connectivity index (χ2v) is 8.56. The summed E-state index contributed by atoms with van der Waals surface area (Å²) in [5, 5.41) is 32.7. The van der Waals surface area contributed by atoms with Crippen LogP contribution in [0.15, 0.2) is 0 Å². The van der Waals surface area contributed by atoms with Gasteiger partial charge in [-0.3, -0.25) is 14.9 Å². The molecule has 4 N–H and O–H groups in total. The van der Waals surface area contributed by atoms with E-state index < -0.39 is 41.2 Å². The van der Waals surface area contributed by atoms with Gasteiger partial charge in [-0.1, -0.05) is 20.3 Å². The molecular weight excluding hydrogens is 380 g/mol. The highest BCUT2D eigenvalue weighted by Gasteiger charge is 2.26. The van der Waals surface area contributed by atoms with Crippen molar-refractivity contribution in [2.45, 2.75) is 84.4 Å². The molecule has 2 atom stereocenters. The van der Waals surface area contributed by atoms with Crippen molar-refractivity contribution in [3.05, 3.63) is 10.1 Å². The van der Waals surface area contributed by atoms with E-state index in [0.717, 1.165) is 0 Å². The molecule has 0 saturated heterocycles. The molecule has 0 aromatic carbocycles. The van der Waals surface area contributed by atoms with Gasteiger partial charge >= 0.3 is 6.09 Å². The van der Waals surface area contributed by atoms with Crippen LogP contribution in [0.2, 0.25) is 0 Å². The number of hydrogen-bond acceptors (Lipinski definition) is 7. The monoisotopic (exact) mass is 416 g/mol. The zero-order chi connectivity index (χ0) is 22.6. The van der Waals surface area contributed by atoms with Crippen LogP contribution in [0, 0.1) is 21.4 Å². The summed E-state index contributed by atoms with van der Waals surface area (Å²) in [5.74, 6) is -0.245. The number of nitro groups is 1. The summed E-state index contributed by atoms with van der Waals surface area (Å²) < 4.78 is 5.21. The minimum Gasteiger partial charge on any atom is -0.444 e. The van der Waals surface area contributed by atoms with Gasteiger partial charge in [0.05, 0.1) is 18.4 Å². The molecule has 0 radical (unpaired) electrons. The Labute approximate surface area is 172 Å². The molecule has 0 rings (SSSR count). The minimum atomic E-state index is -0.785. The molecule has 0 aromatic rings. The van der Waals surface area contributed by atoms with Gasteiger partial charge in [0.1, 0.15) is 11.6 Å². The summed E-state index contributed by atoms with van der Waals surface area (Å²) in [5.41, 5.74) is -0.627. The van der Waals surface area contributed by atoms with Crippen molar-refractivity contribution in [2.24, 2.45) is 5.92 Å². The van der Waals surface area contributed by atoms with Gasteiger partial charge in [-0.05, 0) is 52.4 Å². The molecule has 0 saturated carbocycles. The normalized spacial score (nSPS) is 13.5. The maximum absolute atomic E-state index is 12.6. The highest BCUT2D eigenvalue weighted by Crippen LogP contribution is 2.11. The first kappa shape index (κ1) is 26.8. The molecule has 0 heterocycles. The lowest BCUT2D eigenvalue weighted by Gasteiger charge is -2.25. The Morgan fingerprint density at radius 3 is 2.31 bits per heavy atom. The first-order valence-electron chi connectivity index (χ1n) is 9.92. The summed E-state index contributed by atoms with van der Waals surface area (Å²) in [6, 6.07) is -1.28. The fourth-order valence-corrected chi connectivity index (χ4v) is 2.63. The largest absolute Gasteiger partial charge is 0.444 e. The second kappa shape index (κ2) is 13.1. The summed E-state index contributed by atoms with van der Waals surface area (Å²) in [6.45, 7) is 8.33. The zero-order valence-corrected chi connectivity index (χ0v) is 18.1. The lowest BCUT2D eigenvalue weighted by molar-refractivity contribution is -0.463. The summed E-state index contributed by atoms with van der Waals surface area (Å²) >= 11 is 0. The fourth-order valence-electron chi connectivity index (χ4n) is 2.63. The third-order valence-electron chi connectivity index (χ3n) is 3.88. The number of aliphatic hydroxyl groups is 1. The number of alkyl carbamates (subject to hydrolysis) is 1. The van der Waals surface area contributed by atoms with E-state index in [-0.39, 0.29) is 18.2 Å². The molecule has 29 heavy (non-hydrogen) atoms. The third-order valence-corrected chi connectivity index (χ3v) is 3.88. The van der Waals surface area contributed by atoms with Gasteiger partial charge in [-0.15, -0.1) is 0 Å². The van der Waals surface area contributed by atoms with Crippen LogP contribution < -0.4 is 10.6 Å². The molecule has 168 valence electrons. The second-order valence-electron chi connectivity index (χ2n) is 8.56. The average Bonchev–Trinajstić information content (AvgIpc) is 2.53. The van der Waals surface area contributed by atoms with Crippen LogP contribution in [0.1, 0.15) is 66.7 Å². The van der Waals surface area contributed by atoms with Gasteiger partial charge in [0.25, 0.3) is 0 Å². The lowest BCUT2D eigenvalue weighted by Crippen LogP contribution is -2.51. The Morgan fingerprint density at radius 1 is 1.21 bits per heavy atom. The molecule has 0 bridgehead atoms. The maximum atomic E-state index is 12.6. The quantitative estimate of drug-likeness (QED) is 0.156. The van der Waals surface area contributed by atoms with Crippen LogP contribution in [0.5, 0.6) is 0 Å². The molecule has 0 aliphatic rings. The van der Waals surface area contributed by atoms with E-state index in [2.05, 4.69) is 10.6 Å². The number of carbonyl (C=O) groups is 2. The highest BCUT2D eigenvalue weighted by atomic mass is 16.6. The van der Waals surface area contributed by atoms with E-state index in [0.29, 0.717) is 32.1 Å². The zero-order valence-electron chi connectivity index (χ0n) is 18.1. The Bertz CT molecular complexity index is 559. The summed E-state index contributed by atoms with van der Waals surface area (Å²) in [4.78, 5) is 34.5. The van der Waals surface area contributed by atoms with Crippen molar-refractivity contribution in [1.29, 1.82) is 5.41 Å². The number of aliphatic hydroxyl groups excluding tert-OH is 1. The van der Waals surface area contributed by atoms with Crippen molar-refractivity contribution in [3.8, 4) is 0 Å². The van der Waals surface area contributed by atoms with Crippen LogP contribution in [-0.4, -0.2) is 58.6 Å². The van der Waals surface area contributed by atoms with Gasteiger partial charge in [0.15, 0.2) is 0 Å². The summed E-state index contributed by atoms with van der Waals surface area (Å²) in [6.07, 6.45) is 1.67. The van der Waals surface area contributed by atoms with Crippen LogP contribution >= 0.6 is 0 Å². The predicted octanol–water partition coefficient (Wildman–Crippen LogP) is 2.26. The standard InChI is InChI=1S/C19H36N4O6/c1-13(2)10-16(22-18(26)29-19(3,4)5)17(25)21-15(12-24)9-7-6-8-14(20)11-23(27)28/h13,15-16,20,24H,6-12H2,1-5H3,(H,21,25)(H,22,26)/t15-,16-/m0/s1. The average molecular weight is 417 g/mol. The number of nitrogens with zero attached hydrogens (tertiary/aromatic N) is 1. The molecule has 0 aliphatic carbocycles. The van der Waals surface area contributed by atoms with Crippen LogP contribution in [0.3, 0.4) is 0 Å². The minimum absolute atomic E-state index is 0.0538. The SMILES string of the molecule is CC(C)C[C@H](NC(=O)OC(C)(C)C)C(=O)N[C@H](CO)CCCCC(=N)C[N+](=O)[O-]. The van der Waals surface area contributed by atoms with Crippen LogP contribution in [0.25, 0.3) is 0 Å². The van der Waals surface area contributed by atoms with Gasteiger partial charge in [0.2, 0.25) is 12.5 Å². The molecule has 0 aliphatic heterocycles. The van der Waals surface area contributed by atoms with Gasteiger partial charge in [-0.2, -0.15) is 0 Å². The van der Waals surface area contributed by atoms with E-state index in [4.69, 9.17) is 10.1 Å². The van der Waals surface area contributed by atoms with Crippen molar-refractivity contribution < 1.29 is 24.4 Å². The van der Waals surface area contributed by atoms with E-state index >= 15 is 0 Å². The predicted molar refractivity (Wildman–Crippen MR) is 110 cm³/mol. The van der Waals surface area contributed by atoms with Crippen molar-refractivity contribution in [2.75, 3.05) is 13.2 Å². The fraction of sp³-hybridized carbons (Fsp3) is 0.842. The maximum Gasteiger partial charge on any atom is 0.408 e. The number of rotatable bonds is 13. The number of hydrogen-bond donors (Lipinski definition) is 4. The number of carbonyl (C=O) groups excluding carboxylic acids is 2. The van der Waals surface area contributed by atoms with Crippen molar-refractivity contribution >= 4 is 17.7 Å². The lowest BCUT2D eigenvalue weighted by atomic mass is 10.0. The Hall–Kier alpha value is -2.23. The molecule has 0 unspecified atom stereocenters. The molecular formula is C19H36N4O6. The highest BCUT2D eigenvalue weighted by molar-refractivity contribution is 5.86. The van der Waals surface area contributed by atoms with Crippen molar-refractivity contribution in [1.82, 2.24) is 10.6 Å². The van der Waals surface area contributed by atoms with Gasteiger partial charge in [0, 0.05) is 4.92 Å². The van der Waals surface area contributed by atoms with Crippen LogP contribution in [0.4, 0.5) is 4.79 Å². The number of unbranched alkanes of at least 4 members (excludes halogenated alkanes) is 1. The molecule has 10 heteroatoms. The number of ether oxygens (including phenoxy) is 1. The number of nitrogens with one attached hydrogen (secondary N) is 3. The Kier molecular flexibility index (Phi) is 12.1. The Balaban J connectivity index is 4.63. The molecule has 0 fully saturated rings. The van der Waals surface area contributed by atoms with E-state index in [1.165, 1.54) is 0 Å². The summed E-state index contributed by atoms with van der Waals surface area (Å²) in [7, 11) is 0. The smallest absolute Gasteiger partial charge is 0.408 e. The van der Waals surface area contributed by atoms with Gasteiger partial charge in [-0.25, -0.2) is 4.79 Å². The van der Waals surface area contributed by atoms with Crippen molar-refractivity contribution in [3.63, 3.8) is 0 Å². The van der Waals surface area contributed by atoms with Gasteiger partial charge < -0.3 is 25.9 Å². The third kappa shape index (κ3) is 14.4. The number of amides is 2. The first-order valence-corrected chi connectivity index (χ1v) is 9.92. The Morgan fingerprint density at radius 2 is 1.83 bits per heavy atom. The van der Waals surface area contributed by atoms with E-state index in [9.17, 15) is 24.8 Å². The van der Waals surface area contributed by atoms with Crippen LogP contribution in [-0.2, 0) is 9.53 Å².